The van der Waals surface area contributed by atoms with Crippen LogP contribution in [0.3, 0.4) is 0 Å². The van der Waals surface area contributed by atoms with Gasteiger partial charge < -0.3 is 5.32 Å². The number of aromatic nitrogens is 2. The van der Waals surface area contributed by atoms with E-state index in [4.69, 9.17) is 0 Å². The molecule has 0 aliphatic carbocycles. The van der Waals surface area contributed by atoms with Gasteiger partial charge >= 0.3 is 6.18 Å². The molecule has 0 atom stereocenters. The number of nitrogens with one attached hydrogen (secondary N) is 1. The van der Waals surface area contributed by atoms with Gasteiger partial charge in [0.2, 0.25) is 0 Å². The van der Waals surface area contributed by atoms with Crippen molar-refractivity contribution in [3.8, 4) is 5.69 Å². The summed E-state index contributed by atoms with van der Waals surface area (Å²) in [6.45, 7) is 5.28. The molecule has 0 radical (unpaired) electrons. The monoisotopic (exact) mass is 297 g/mol. The minimum atomic E-state index is -4.41. The molecule has 0 spiro atoms. The van der Waals surface area contributed by atoms with E-state index in [0.29, 0.717) is 18.0 Å². The molecule has 1 aromatic heterocycles. The van der Waals surface area contributed by atoms with Crippen molar-refractivity contribution < 1.29 is 13.2 Å². The summed E-state index contributed by atoms with van der Waals surface area (Å²) in [6.07, 6.45) is -1.45. The Morgan fingerprint density at radius 3 is 2.62 bits per heavy atom. The number of alkyl halides is 3. The Labute approximate surface area is 121 Å². The van der Waals surface area contributed by atoms with Crippen molar-refractivity contribution in [2.45, 2.75) is 26.6 Å². The zero-order valence-corrected chi connectivity index (χ0v) is 12.0. The molecule has 1 N–H and O–H groups in total. The van der Waals surface area contributed by atoms with Crippen LogP contribution in [0.25, 0.3) is 5.69 Å². The van der Waals surface area contributed by atoms with Crippen molar-refractivity contribution in [1.82, 2.24) is 15.1 Å². The first-order chi connectivity index (χ1) is 9.88. The van der Waals surface area contributed by atoms with Gasteiger partial charge in [0, 0.05) is 18.9 Å². The van der Waals surface area contributed by atoms with Crippen LogP contribution in [0.1, 0.15) is 25.0 Å². The van der Waals surface area contributed by atoms with Crippen molar-refractivity contribution in [3.63, 3.8) is 0 Å². The zero-order valence-electron chi connectivity index (χ0n) is 12.0. The molecule has 0 saturated carbocycles. The van der Waals surface area contributed by atoms with Crippen molar-refractivity contribution in [1.29, 1.82) is 0 Å². The Kier molecular flexibility index (Phi) is 4.67. The van der Waals surface area contributed by atoms with Crippen LogP contribution in [-0.4, -0.2) is 16.3 Å². The van der Waals surface area contributed by atoms with Gasteiger partial charge in [-0.2, -0.15) is 18.3 Å². The second-order valence-electron chi connectivity index (χ2n) is 5.32. The van der Waals surface area contributed by atoms with Crippen LogP contribution in [0, 0.1) is 5.92 Å². The third-order valence-electron chi connectivity index (χ3n) is 3.00. The lowest BCUT2D eigenvalue weighted by molar-refractivity contribution is -0.137. The smallest absolute Gasteiger partial charge is 0.312 e. The van der Waals surface area contributed by atoms with E-state index < -0.39 is 11.7 Å². The van der Waals surface area contributed by atoms with Gasteiger partial charge in [0.1, 0.15) is 0 Å². The van der Waals surface area contributed by atoms with Crippen molar-refractivity contribution >= 4 is 0 Å². The first-order valence-electron chi connectivity index (χ1n) is 6.79. The third kappa shape index (κ3) is 4.07. The van der Waals surface area contributed by atoms with E-state index in [1.165, 1.54) is 29.2 Å². The highest BCUT2D eigenvalue weighted by molar-refractivity contribution is 5.44. The van der Waals surface area contributed by atoms with Crippen molar-refractivity contribution in [3.05, 3.63) is 47.8 Å². The molecular weight excluding hydrogens is 279 g/mol. The summed E-state index contributed by atoms with van der Waals surface area (Å²) < 4.78 is 40.9. The molecule has 0 aliphatic heterocycles. The lowest BCUT2D eigenvalue weighted by Gasteiger charge is -2.15. The largest absolute Gasteiger partial charge is 0.418 e. The summed E-state index contributed by atoms with van der Waals surface area (Å²) in [5.41, 5.74) is -0.0194. The lowest BCUT2D eigenvalue weighted by Crippen LogP contribution is -2.20. The molecule has 2 rings (SSSR count). The maximum atomic E-state index is 13.2. The lowest BCUT2D eigenvalue weighted by atomic mass is 10.1. The molecular formula is C15H18F3N3. The van der Waals surface area contributed by atoms with E-state index in [-0.39, 0.29) is 5.69 Å². The summed E-state index contributed by atoms with van der Waals surface area (Å²) >= 11 is 0. The molecule has 0 saturated heterocycles. The molecule has 21 heavy (non-hydrogen) atoms. The van der Waals surface area contributed by atoms with Gasteiger partial charge in [-0.1, -0.05) is 19.9 Å². The molecule has 0 unspecified atom stereocenters. The van der Waals surface area contributed by atoms with Crippen LogP contribution < -0.4 is 5.32 Å². The van der Waals surface area contributed by atoms with Gasteiger partial charge in [0.25, 0.3) is 0 Å². The Bertz CT molecular complexity index is 574. The van der Waals surface area contributed by atoms with Crippen LogP contribution in [0.15, 0.2) is 36.7 Å². The number of benzene rings is 1. The number of halogens is 3. The molecule has 0 aliphatic rings. The number of rotatable bonds is 5. The van der Waals surface area contributed by atoms with Gasteiger partial charge in [-0.05, 0) is 36.2 Å². The standard InChI is InChI=1S/C15H18F3N3/c1-11(2)9-19-10-12-4-5-14(21-7-3-6-20-21)13(8-12)15(16,17)18/h3-8,11,19H,9-10H2,1-2H3. The predicted octanol–water partition coefficient (Wildman–Crippen LogP) is 3.64. The van der Waals surface area contributed by atoms with E-state index in [1.807, 2.05) is 0 Å². The van der Waals surface area contributed by atoms with Gasteiger partial charge in [0.05, 0.1) is 11.3 Å². The highest BCUT2D eigenvalue weighted by atomic mass is 19.4. The van der Waals surface area contributed by atoms with Gasteiger partial charge in [-0.25, -0.2) is 4.68 Å². The molecule has 1 heterocycles. The van der Waals surface area contributed by atoms with Crippen LogP contribution in [0.4, 0.5) is 13.2 Å². The maximum Gasteiger partial charge on any atom is 0.418 e. The molecule has 0 fully saturated rings. The summed E-state index contributed by atoms with van der Waals surface area (Å²) in [6, 6.07) is 5.93. The van der Waals surface area contributed by atoms with Crippen LogP contribution >= 0.6 is 0 Å². The van der Waals surface area contributed by atoms with Crippen LogP contribution in [0.5, 0.6) is 0 Å². The van der Waals surface area contributed by atoms with E-state index in [0.717, 1.165) is 6.54 Å². The summed E-state index contributed by atoms with van der Waals surface area (Å²) in [5, 5.41) is 7.02. The average Bonchev–Trinajstić information content (AvgIpc) is 2.91. The molecule has 1 aromatic carbocycles. The Morgan fingerprint density at radius 1 is 1.29 bits per heavy atom. The fourth-order valence-electron chi connectivity index (χ4n) is 2.04. The number of nitrogens with zero attached hydrogens (tertiary/aromatic N) is 2. The fourth-order valence-corrected chi connectivity index (χ4v) is 2.04. The second kappa shape index (κ2) is 6.30. The van der Waals surface area contributed by atoms with Crippen molar-refractivity contribution in [2.24, 2.45) is 5.92 Å². The van der Waals surface area contributed by atoms with E-state index in [2.05, 4.69) is 24.3 Å². The minimum absolute atomic E-state index is 0.0418. The molecule has 6 heteroatoms. The van der Waals surface area contributed by atoms with Gasteiger partial charge in [-0.3, -0.25) is 0 Å². The van der Waals surface area contributed by atoms with E-state index >= 15 is 0 Å². The highest BCUT2D eigenvalue weighted by Crippen LogP contribution is 2.34. The van der Waals surface area contributed by atoms with Crippen LogP contribution in [-0.2, 0) is 12.7 Å². The van der Waals surface area contributed by atoms with Gasteiger partial charge in [-0.15, -0.1) is 0 Å². The summed E-state index contributed by atoms with van der Waals surface area (Å²) in [4.78, 5) is 0. The third-order valence-corrected chi connectivity index (χ3v) is 3.00. The van der Waals surface area contributed by atoms with Crippen LogP contribution in [0.2, 0.25) is 0 Å². The minimum Gasteiger partial charge on any atom is -0.312 e. The van der Waals surface area contributed by atoms with Crippen molar-refractivity contribution in [2.75, 3.05) is 6.54 Å². The molecule has 114 valence electrons. The summed E-state index contributed by atoms with van der Waals surface area (Å²) in [7, 11) is 0. The predicted molar refractivity (Wildman–Crippen MR) is 75.1 cm³/mol. The summed E-state index contributed by atoms with van der Waals surface area (Å²) in [5.74, 6) is 0.454. The number of hydrogen-bond donors (Lipinski definition) is 1. The topological polar surface area (TPSA) is 29.9 Å². The Hall–Kier alpha value is -1.82. The normalized spacial score (nSPS) is 12.1. The first kappa shape index (κ1) is 15.6. The SMILES string of the molecule is CC(C)CNCc1ccc(-n2cccn2)c(C(F)(F)F)c1. The Balaban J connectivity index is 2.28. The fraction of sp³-hybridized carbons (Fsp3) is 0.400. The zero-order chi connectivity index (χ0) is 15.5. The maximum absolute atomic E-state index is 13.2. The second-order valence-corrected chi connectivity index (χ2v) is 5.32. The van der Waals surface area contributed by atoms with Gasteiger partial charge in [0.15, 0.2) is 0 Å². The molecule has 0 bridgehead atoms. The molecule has 3 nitrogen and oxygen atoms in total. The molecule has 0 amide bonds. The molecule has 2 aromatic rings. The average molecular weight is 297 g/mol. The van der Waals surface area contributed by atoms with E-state index in [9.17, 15) is 13.2 Å². The Morgan fingerprint density at radius 2 is 2.05 bits per heavy atom. The quantitative estimate of drug-likeness (QED) is 0.913. The number of hydrogen-bond acceptors (Lipinski definition) is 2. The highest BCUT2D eigenvalue weighted by Gasteiger charge is 2.34. The first-order valence-corrected chi connectivity index (χ1v) is 6.79. The van der Waals surface area contributed by atoms with E-state index in [1.54, 1.807) is 12.1 Å².